The zero-order valence-electron chi connectivity index (χ0n) is 14.1. The fourth-order valence-corrected chi connectivity index (χ4v) is 5.67. The van der Waals surface area contributed by atoms with Crippen molar-refractivity contribution in [2.45, 2.75) is 50.6 Å². The Labute approximate surface area is 160 Å². The zero-order chi connectivity index (χ0) is 18.5. The molecule has 0 unspecified atom stereocenters. The molecule has 2 N–H and O–H groups in total. The third-order valence-corrected chi connectivity index (χ3v) is 6.65. The van der Waals surface area contributed by atoms with E-state index in [2.05, 4.69) is 15.7 Å². The maximum absolute atomic E-state index is 12.3. The number of carbonyl (C=O) groups excluding carboxylic acids is 2. The molecule has 1 aromatic heterocycles. The molecule has 1 aromatic rings. The van der Waals surface area contributed by atoms with Crippen molar-refractivity contribution >= 4 is 35.1 Å². The number of imide groups is 1. The van der Waals surface area contributed by atoms with E-state index in [1.807, 2.05) is 0 Å². The predicted molar refractivity (Wildman–Crippen MR) is 96.1 cm³/mol. The summed E-state index contributed by atoms with van der Waals surface area (Å²) in [4.78, 5) is 36.4. The van der Waals surface area contributed by atoms with Crippen LogP contribution in [0.3, 0.4) is 0 Å². The second-order valence-corrected chi connectivity index (χ2v) is 8.75. The van der Waals surface area contributed by atoms with Crippen molar-refractivity contribution in [3.05, 3.63) is 26.6 Å². The van der Waals surface area contributed by atoms with Crippen LogP contribution in [0.2, 0.25) is 10.0 Å². The molecule has 0 aliphatic heterocycles. The number of halogens is 2. The molecule has 0 atom stereocenters. The fraction of sp³-hybridized carbons (Fsp3) is 0.647. The minimum Gasteiger partial charge on any atom is -0.332 e. The normalized spacial score (nSPS) is 31.7. The molecule has 5 rings (SSSR count). The molecule has 4 saturated carbocycles. The van der Waals surface area contributed by atoms with Crippen molar-refractivity contribution in [3.63, 3.8) is 0 Å². The summed E-state index contributed by atoms with van der Waals surface area (Å²) in [7, 11) is 0. The smallest absolute Gasteiger partial charge is 0.321 e. The number of nitrogens with zero attached hydrogens (tertiary/aromatic N) is 2. The van der Waals surface area contributed by atoms with E-state index in [1.54, 1.807) is 0 Å². The van der Waals surface area contributed by atoms with Crippen molar-refractivity contribution in [2.24, 2.45) is 17.8 Å². The number of nitrogens with one attached hydrogen (secondary N) is 2. The zero-order valence-corrected chi connectivity index (χ0v) is 15.6. The molecule has 0 aromatic carbocycles. The number of hydrogen-bond acceptors (Lipinski definition) is 4. The Bertz CT molecular complexity index is 787. The van der Waals surface area contributed by atoms with Gasteiger partial charge in [0.2, 0.25) is 5.91 Å². The summed E-state index contributed by atoms with van der Waals surface area (Å²) in [5.74, 6) is 1.45. The van der Waals surface area contributed by atoms with Crippen LogP contribution >= 0.6 is 23.2 Å². The number of hydrogen-bond donors (Lipinski definition) is 2. The molecule has 4 aliphatic rings. The molecular formula is C17H20Cl2N4O3. The van der Waals surface area contributed by atoms with Gasteiger partial charge in [0.1, 0.15) is 11.6 Å². The molecule has 0 spiro atoms. The van der Waals surface area contributed by atoms with Crippen LogP contribution in [0.15, 0.2) is 11.0 Å². The first-order valence-electron chi connectivity index (χ1n) is 8.87. The number of aromatic nitrogens is 2. The van der Waals surface area contributed by atoms with Crippen LogP contribution in [0, 0.1) is 17.8 Å². The van der Waals surface area contributed by atoms with Gasteiger partial charge < -0.3 is 5.32 Å². The first-order chi connectivity index (χ1) is 12.3. The van der Waals surface area contributed by atoms with Crippen LogP contribution < -0.4 is 16.2 Å². The van der Waals surface area contributed by atoms with E-state index in [-0.39, 0.29) is 15.6 Å². The average Bonchev–Trinajstić information content (AvgIpc) is 2.53. The molecule has 140 valence electrons. The fourth-order valence-electron chi connectivity index (χ4n) is 5.40. The summed E-state index contributed by atoms with van der Waals surface area (Å²) in [5, 5.41) is 8.93. The molecular weight excluding hydrogens is 379 g/mol. The number of amides is 3. The Kier molecular flexibility index (Phi) is 4.47. The van der Waals surface area contributed by atoms with Crippen molar-refractivity contribution < 1.29 is 9.59 Å². The van der Waals surface area contributed by atoms with Gasteiger partial charge in [-0.25, -0.2) is 9.48 Å². The van der Waals surface area contributed by atoms with Crippen molar-refractivity contribution in [1.29, 1.82) is 0 Å². The van der Waals surface area contributed by atoms with Gasteiger partial charge in [-0.2, -0.15) is 5.10 Å². The Morgan fingerprint density at radius 3 is 2.31 bits per heavy atom. The average molecular weight is 399 g/mol. The van der Waals surface area contributed by atoms with Gasteiger partial charge in [-0.05, 0) is 56.3 Å². The highest BCUT2D eigenvalue weighted by atomic mass is 35.5. The Hall–Kier alpha value is -1.60. The quantitative estimate of drug-likeness (QED) is 0.816. The molecule has 1 heterocycles. The Balaban J connectivity index is 1.37. The van der Waals surface area contributed by atoms with E-state index in [0.717, 1.165) is 23.9 Å². The van der Waals surface area contributed by atoms with E-state index in [0.29, 0.717) is 17.8 Å². The molecule has 4 fully saturated rings. The molecule has 26 heavy (non-hydrogen) atoms. The Morgan fingerprint density at radius 1 is 1.15 bits per heavy atom. The van der Waals surface area contributed by atoms with Crippen LogP contribution in [0.1, 0.15) is 38.5 Å². The Morgan fingerprint density at radius 2 is 1.73 bits per heavy atom. The lowest BCUT2D eigenvalue weighted by Crippen LogP contribution is -2.62. The topological polar surface area (TPSA) is 93.1 Å². The molecule has 0 radical (unpaired) electrons. The van der Waals surface area contributed by atoms with E-state index in [1.165, 1.54) is 25.5 Å². The molecule has 0 saturated heterocycles. The van der Waals surface area contributed by atoms with Crippen LogP contribution in [-0.2, 0) is 11.3 Å². The highest BCUT2D eigenvalue weighted by Gasteiger charge is 2.51. The van der Waals surface area contributed by atoms with Crippen LogP contribution in [0.25, 0.3) is 0 Å². The molecule has 4 aliphatic carbocycles. The van der Waals surface area contributed by atoms with E-state index < -0.39 is 24.0 Å². The van der Waals surface area contributed by atoms with Gasteiger partial charge in [0.05, 0.1) is 11.2 Å². The lowest BCUT2D eigenvalue weighted by atomic mass is 9.53. The molecule has 4 bridgehead atoms. The van der Waals surface area contributed by atoms with E-state index in [4.69, 9.17) is 23.2 Å². The summed E-state index contributed by atoms with van der Waals surface area (Å²) >= 11 is 11.5. The van der Waals surface area contributed by atoms with Gasteiger partial charge in [0.15, 0.2) is 0 Å². The maximum Gasteiger partial charge on any atom is 0.321 e. The minimum atomic E-state index is -0.671. The second-order valence-electron chi connectivity index (χ2n) is 7.97. The highest BCUT2D eigenvalue weighted by Crippen LogP contribution is 2.55. The summed E-state index contributed by atoms with van der Waals surface area (Å²) in [6.45, 7) is -0.399. The monoisotopic (exact) mass is 398 g/mol. The highest BCUT2D eigenvalue weighted by molar-refractivity contribution is 6.41. The van der Waals surface area contributed by atoms with Crippen LogP contribution in [-0.4, -0.2) is 27.3 Å². The number of urea groups is 1. The van der Waals surface area contributed by atoms with Gasteiger partial charge in [0, 0.05) is 5.54 Å². The largest absolute Gasteiger partial charge is 0.332 e. The first-order valence-corrected chi connectivity index (χ1v) is 9.62. The number of rotatable bonds is 3. The van der Waals surface area contributed by atoms with Crippen molar-refractivity contribution in [2.75, 3.05) is 0 Å². The minimum absolute atomic E-state index is 0.0212. The van der Waals surface area contributed by atoms with Crippen molar-refractivity contribution in [3.8, 4) is 0 Å². The summed E-state index contributed by atoms with van der Waals surface area (Å²) in [5.41, 5.74) is -0.853. The lowest BCUT2D eigenvalue weighted by Gasteiger charge is -2.56. The second kappa shape index (κ2) is 6.53. The predicted octanol–water partition coefficient (Wildman–Crippen LogP) is 2.34. The standard InChI is InChI=1S/C17H20Cl2N4O3/c18-12-7-20-23(15(25)14(12)19)8-13(24)21-16(26)22-17-4-9-1-10(5-17)3-11(2-9)6-17/h7,9-11H,1-6,8H2,(H2,21,22,24,26). The van der Waals surface area contributed by atoms with Gasteiger partial charge in [-0.3, -0.25) is 14.9 Å². The van der Waals surface area contributed by atoms with Crippen molar-refractivity contribution in [1.82, 2.24) is 20.4 Å². The third-order valence-electron chi connectivity index (χ3n) is 5.91. The van der Waals surface area contributed by atoms with Gasteiger partial charge >= 0.3 is 6.03 Å². The van der Waals surface area contributed by atoms with Gasteiger partial charge in [0.25, 0.3) is 5.56 Å². The maximum atomic E-state index is 12.3. The van der Waals surface area contributed by atoms with Crippen LogP contribution in [0.4, 0.5) is 4.79 Å². The summed E-state index contributed by atoms with van der Waals surface area (Å²) in [6.07, 6.45) is 7.99. The lowest BCUT2D eigenvalue weighted by molar-refractivity contribution is -0.120. The summed E-state index contributed by atoms with van der Waals surface area (Å²) in [6, 6.07) is -0.509. The molecule has 7 nitrogen and oxygen atoms in total. The van der Waals surface area contributed by atoms with Crippen LogP contribution in [0.5, 0.6) is 0 Å². The van der Waals surface area contributed by atoms with Gasteiger partial charge in [-0.1, -0.05) is 23.2 Å². The number of carbonyl (C=O) groups is 2. The third kappa shape index (κ3) is 3.34. The van der Waals surface area contributed by atoms with E-state index >= 15 is 0 Å². The van der Waals surface area contributed by atoms with E-state index in [9.17, 15) is 14.4 Å². The SMILES string of the molecule is O=C(Cn1ncc(Cl)c(Cl)c1=O)NC(=O)NC12CC3CC(CC(C3)C1)C2. The molecule has 9 heteroatoms. The molecule has 3 amide bonds. The first kappa shape index (κ1) is 17.8. The van der Waals surface area contributed by atoms with Gasteiger partial charge in [-0.15, -0.1) is 0 Å². The summed E-state index contributed by atoms with van der Waals surface area (Å²) < 4.78 is 0.877.